The van der Waals surface area contributed by atoms with Gasteiger partial charge in [-0.15, -0.1) is 0 Å². The van der Waals surface area contributed by atoms with E-state index >= 15 is 0 Å². The van der Waals surface area contributed by atoms with Gasteiger partial charge in [0, 0.05) is 25.9 Å². The molecule has 0 bridgehead atoms. The van der Waals surface area contributed by atoms with E-state index in [0.29, 0.717) is 12.2 Å². The highest BCUT2D eigenvalue weighted by Crippen LogP contribution is 2.23. The fraction of sp³-hybridized carbons (Fsp3) is 0.308. The lowest BCUT2D eigenvalue weighted by atomic mass is 10.1. The number of aromatic nitrogens is 2. The molecule has 2 aromatic rings. The van der Waals surface area contributed by atoms with Crippen molar-refractivity contribution in [2.24, 2.45) is 7.05 Å². The molecule has 1 aromatic heterocycles. The first-order valence-corrected chi connectivity index (χ1v) is 5.49. The molecule has 4 nitrogen and oxygen atoms in total. The Morgan fingerprint density at radius 3 is 2.82 bits per heavy atom. The molecule has 2 rings (SSSR count). The average Bonchev–Trinajstić information content (AvgIpc) is 2.76. The van der Waals surface area contributed by atoms with Crippen molar-refractivity contribution in [3.05, 3.63) is 48.0 Å². The Balaban J connectivity index is 2.18. The van der Waals surface area contributed by atoms with Crippen molar-refractivity contribution in [3.63, 3.8) is 0 Å². The number of aliphatic hydroxyl groups excluding tert-OH is 1. The Hall–Kier alpha value is -1.81. The number of hydrogen-bond acceptors (Lipinski definition) is 3. The number of nitrogens with zero attached hydrogens (tertiary/aromatic N) is 2. The zero-order valence-corrected chi connectivity index (χ0v) is 10.00. The molecule has 1 unspecified atom stereocenters. The van der Waals surface area contributed by atoms with Gasteiger partial charge in [-0.1, -0.05) is 18.2 Å². The summed E-state index contributed by atoms with van der Waals surface area (Å²) in [6.45, 7) is 0. The quantitative estimate of drug-likeness (QED) is 0.872. The van der Waals surface area contributed by atoms with Crippen molar-refractivity contribution < 1.29 is 9.84 Å². The molecule has 1 heterocycles. The standard InChI is InChI=1S/C13H16N2O2/c1-15-8-7-14-13(15)11(16)9-10-5-3-4-6-12(10)17-2/h3-8,11,16H,9H2,1-2H3. The molecule has 1 atom stereocenters. The number of hydrogen-bond donors (Lipinski definition) is 1. The lowest BCUT2D eigenvalue weighted by Crippen LogP contribution is -2.09. The van der Waals surface area contributed by atoms with Crippen LogP contribution in [0.4, 0.5) is 0 Å². The monoisotopic (exact) mass is 232 g/mol. The Labute approximate surface area is 100 Å². The van der Waals surface area contributed by atoms with E-state index in [0.717, 1.165) is 11.3 Å². The Morgan fingerprint density at radius 1 is 1.41 bits per heavy atom. The maximum absolute atomic E-state index is 10.1. The Morgan fingerprint density at radius 2 is 2.18 bits per heavy atom. The maximum atomic E-state index is 10.1. The molecule has 4 heteroatoms. The van der Waals surface area contributed by atoms with E-state index in [2.05, 4.69) is 4.98 Å². The van der Waals surface area contributed by atoms with Gasteiger partial charge in [0.1, 0.15) is 17.7 Å². The molecular formula is C13H16N2O2. The molecule has 0 saturated heterocycles. The molecule has 1 N–H and O–H groups in total. The normalized spacial score (nSPS) is 12.4. The summed E-state index contributed by atoms with van der Waals surface area (Å²) in [5, 5.41) is 10.1. The third kappa shape index (κ3) is 2.47. The largest absolute Gasteiger partial charge is 0.496 e. The summed E-state index contributed by atoms with van der Waals surface area (Å²) in [6.07, 6.45) is 3.38. The number of aliphatic hydroxyl groups is 1. The van der Waals surface area contributed by atoms with Crippen molar-refractivity contribution in [2.75, 3.05) is 7.11 Å². The third-order valence-corrected chi connectivity index (χ3v) is 2.76. The minimum absolute atomic E-state index is 0.495. The van der Waals surface area contributed by atoms with Crippen LogP contribution in [-0.4, -0.2) is 21.8 Å². The van der Waals surface area contributed by atoms with Crippen molar-refractivity contribution >= 4 is 0 Å². The van der Waals surface area contributed by atoms with Crippen LogP contribution < -0.4 is 4.74 Å². The first-order chi connectivity index (χ1) is 8.22. The SMILES string of the molecule is COc1ccccc1CC(O)c1nccn1C. The topological polar surface area (TPSA) is 47.3 Å². The number of imidazole rings is 1. The van der Waals surface area contributed by atoms with Gasteiger partial charge in [-0.05, 0) is 11.6 Å². The van der Waals surface area contributed by atoms with Gasteiger partial charge in [-0.2, -0.15) is 0 Å². The maximum Gasteiger partial charge on any atom is 0.137 e. The van der Waals surface area contributed by atoms with Gasteiger partial charge in [0.2, 0.25) is 0 Å². The molecule has 0 amide bonds. The predicted octanol–water partition coefficient (Wildman–Crippen LogP) is 1.70. The molecule has 90 valence electrons. The number of methoxy groups -OCH3 is 1. The molecule has 0 spiro atoms. The molecule has 0 aliphatic heterocycles. The summed E-state index contributed by atoms with van der Waals surface area (Å²) in [7, 11) is 3.50. The molecule has 0 aliphatic carbocycles. The third-order valence-electron chi connectivity index (χ3n) is 2.76. The summed E-state index contributed by atoms with van der Waals surface area (Å²) in [5.74, 6) is 1.46. The number of rotatable bonds is 4. The minimum atomic E-state index is -0.619. The van der Waals surface area contributed by atoms with Crippen LogP contribution in [0.5, 0.6) is 5.75 Å². The molecule has 17 heavy (non-hydrogen) atoms. The second-order valence-electron chi connectivity index (χ2n) is 3.93. The molecule has 0 aliphatic rings. The smallest absolute Gasteiger partial charge is 0.137 e. The number of benzene rings is 1. The molecule has 0 fully saturated rings. The van der Waals surface area contributed by atoms with E-state index in [1.54, 1.807) is 13.3 Å². The van der Waals surface area contributed by atoms with Crippen molar-refractivity contribution in [2.45, 2.75) is 12.5 Å². The van der Waals surface area contributed by atoms with Gasteiger partial charge < -0.3 is 14.4 Å². The first kappa shape index (κ1) is 11.7. The van der Waals surface area contributed by atoms with Crippen LogP contribution in [0.1, 0.15) is 17.5 Å². The van der Waals surface area contributed by atoms with E-state index in [4.69, 9.17) is 4.74 Å². The van der Waals surface area contributed by atoms with E-state index in [1.807, 2.05) is 42.1 Å². The van der Waals surface area contributed by atoms with Crippen LogP contribution >= 0.6 is 0 Å². The Kier molecular flexibility index (Phi) is 3.44. The lowest BCUT2D eigenvalue weighted by molar-refractivity contribution is 0.164. The Bertz CT molecular complexity index is 494. The van der Waals surface area contributed by atoms with Gasteiger partial charge >= 0.3 is 0 Å². The van der Waals surface area contributed by atoms with Gasteiger partial charge in [0.15, 0.2) is 0 Å². The van der Waals surface area contributed by atoms with Crippen molar-refractivity contribution in [3.8, 4) is 5.75 Å². The van der Waals surface area contributed by atoms with Gasteiger partial charge in [-0.3, -0.25) is 0 Å². The second-order valence-corrected chi connectivity index (χ2v) is 3.93. The number of ether oxygens (including phenoxy) is 1. The fourth-order valence-corrected chi connectivity index (χ4v) is 1.87. The number of para-hydroxylation sites is 1. The molecule has 0 saturated carbocycles. The zero-order valence-electron chi connectivity index (χ0n) is 10.00. The highest BCUT2D eigenvalue weighted by Gasteiger charge is 2.15. The van der Waals surface area contributed by atoms with E-state index in [-0.39, 0.29) is 0 Å². The molecular weight excluding hydrogens is 216 g/mol. The van der Waals surface area contributed by atoms with Gasteiger partial charge in [0.25, 0.3) is 0 Å². The first-order valence-electron chi connectivity index (χ1n) is 5.49. The highest BCUT2D eigenvalue weighted by atomic mass is 16.5. The van der Waals surface area contributed by atoms with Crippen LogP contribution in [0.15, 0.2) is 36.7 Å². The molecule has 0 radical (unpaired) electrons. The zero-order chi connectivity index (χ0) is 12.3. The second kappa shape index (κ2) is 5.01. The van der Waals surface area contributed by atoms with Crippen LogP contribution in [0.2, 0.25) is 0 Å². The lowest BCUT2D eigenvalue weighted by Gasteiger charge is -2.13. The predicted molar refractivity (Wildman–Crippen MR) is 64.9 cm³/mol. The summed E-state index contributed by atoms with van der Waals surface area (Å²) in [5.41, 5.74) is 0.977. The van der Waals surface area contributed by atoms with Crippen LogP contribution in [0.3, 0.4) is 0 Å². The number of aryl methyl sites for hydroxylation is 1. The van der Waals surface area contributed by atoms with E-state index in [9.17, 15) is 5.11 Å². The van der Waals surface area contributed by atoms with Crippen LogP contribution in [-0.2, 0) is 13.5 Å². The highest BCUT2D eigenvalue weighted by molar-refractivity contribution is 5.34. The average molecular weight is 232 g/mol. The summed E-state index contributed by atoms with van der Waals surface area (Å²) >= 11 is 0. The van der Waals surface area contributed by atoms with E-state index in [1.165, 1.54) is 0 Å². The van der Waals surface area contributed by atoms with Crippen molar-refractivity contribution in [1.82, 2.24) is 9.55 Å². The van der Waals surface area contributed by atoms with Crippen molar-refractivity contribution in [1.29, 1.82) is 0 Å². The van der Waals surface area contributed by atoms with Crippen LogP contribution in [0.25, 0.3) is 0 Å². The van der Waals surface area contributed by atoms with Gasteiger partial charge in [0.05, 0.1) is 7.11 Å². The summed E-state index contributed by atoms with van der Waals surface area (Å²) in [4.78, 5) is 4.14. The minimum Gasteiger partial charge on any atom is -0.496 e. The van der Waals surface area contributed by atoms with E-state index < -0.39 is 6.10 Å². The fourth-order valence-electron chi connectivity index (χ4n) is 1.87. The van der Waals surface area contributed by atoms with Gasteiger partial charge in [-0.25, -0.2) is 4.98 Å². The summed E-state index contributed by atoms with van der Waals surface area (Å²) in [6, 6.07) is 7.68. The summed E-state index contributed by atoms with van der Waals surface area (Å²) < 4.78 is 7.08. The molecule has 1 aromatic carbocycles. The van der Waals surface area contributed by atoms with Crippen LogP contribution in [0, 0.1) is 0 Å².